The molecule has 0 fully saturated rings. The molecule has 0 aromatic heterocycles. The topological polar surface area (TPSA) is 43.4 Å². The maximum absolute atomic E-state index is 13.3. The predicted molar refractivity (Wildman–Crippen MR) is 78.7 cm³/mol. The van der Waals surface area contributed by atoms with E-state index in [1.807, 2.05) is 0 Å². The largest absolute Gasteiger partial charge is 0.456 e. The third kappa shape index (κ3) is 2.73. The quantitative estimate of drug-likeness (QED) is 0.816. The van der Waals surface area contributed by atoms with Gasteiger partial charge in [0.05, 0.1) is 15.7 Å². The minimum Gasteiger partial charge on any atom is -0.456 e. The number of hydrogen-bond donors (Lipinski definition) is 0. The van der Waals surface area contributed by atoms with Crippen LogP contribution in [-0.2, 0) is 16.3 Å². The molecule has 0 radical (unpaired) electrons. The average molecular weight is 347 g/mol. The number of sulfone groups is 1. The molecule has 0 aliphatic carbocycles. The van der Waals surface area contributed by atoms with Gasteiger partial charge in [-0.15, -0.1) is 0 Å². The molecular formula is C14H9Cl2FO3S. The molecule has 0 saturated heterocycles. The summed E-state index contributed by atoms with van der Waals surface area (Å²) in [5, 5.41) is 0.429. The van der Waals surface area contributed by atoms with Crippen LogP contribution in [0.4, 0.5) is 4.39 Å². The molecule has 0 unspecified atom stereocenters. The smallest absolute Gasteiger partial charge is 0.179 e. The van der Waals surface area contributed by atoms with Crippen LogP contribution < -0.4 is 4.74 Å². The Kier molecular flexibility index (Phi) is 3.59. The predicted octanol–water partition coefficient (Wildman–Crippen LogP) is 4.25. The summed E-state index contributed by atoms with van der Waals surface area (Å²) in [6, 6.07) is 6.70. The van der Waals surface area contributed by atoms with E-state index in [9.17, 15) is 12.8 Å². The summed E-state index contributed by atoms with van der Waals surface area (Å²) in [4.78, 5) is 0.233. The monoisotopic (exact) mass is 346 g/mol. The fourth-order valence-corrected chi connectivity index (χ4v) is 4.36. The standard InChI is InChI=1S/C14H9Cl2FO3S/c15-8-5-9(17)7-10(6-8)20-12-1-2-13-11(14(12)16)3-4-21(13,18)19/h1-2,5-7H,3-4H2. The van der Waals surface area contributed by atoms with Gasteiger partial charge in [0.15, 0.2) is 9.84 Å². The van der Waals surface area contributed by atoms with Gasteiger partial charge in [0.2, 0.25) is 0 Å². The molecule has 0 saturated carbocycles. The summed E-state index contributed by atoms with van der Waals surface area (Å²) in [6.45, 7) is 0. The van der Waals surface area contributed by atoms with Crippen molar-refractivity contribution >= 4 is 33.0 Å². The average Bonchev–Trinajstić information content (AvgIpc) is 2.68. The lowest BCUT2D eigenvalue weighted by atomic mass is 10.1. The van der Waals surface area contributed by atoms with Gasteiger partial charge in [0, 0.05) is 11.1 Å². The molecule has 0 spiro atoms. The van der Waals surface area contributed by atoms with Gasteiger partial charge < -0.3 is 4.74 Å². The van der Waals surface area contributed by atoms with Crippen molar-refractivity contribution in [2.24, 2.45) is 0 Å². The van der Waals surface area contributed by atoms with Crippen LogP contribution in [0.2, 0.25) is 10.0 Å². The zero-order valence-electron chi connectivity index (χ0n) is 10.6. The van der Waals surface area contributed by atoms with Crippen molar-refractivity contribution in [3.05, 3.63) is 51.8 Å². The van der Waals surface area contributed by atoms with Gasteiger partial charge in [-0.3, -0.25) is 0 Å². The van der Waals surface area contributed by atoms with E-state index in [1.165, 1.54) is 24.3 Å². The SMILES string of the molecule is O=S1(=O)CCc2c1ccc(Oc1cc(F)cc(Cl)c1)c2Cl. The lowest BCUT2D eigenvalue weighted by Gasteiger charge is -2.10. The number of benzene rings is 2. The molecule has 1 aliphatic heterocycles. The van der Waals surface area contributed by atoms with Crippen LogP contribution >= 0.6 is 23.2 Å². The summed E-state index contributed by atoms with van der Waals surface area (Å²) in [5.41, 5.74) is 0.539. The van der Waals surface area contributed by atoms with Crippen LogP contribution in [0.3, 0.4) is 0 Å². The molecular weight excluding hydrogens is 338 g/mol. The second kappa shape index (κ2) is 5.16. The van der Waals surface area contributed by atoms with Crippen molar-refractivity contribution in [1.29, 1.82) is 0 Å². The van der Waals surface area contributed by atoms with Gasteiger partial charge in [-0.2, -0.15) is 0 Å². The van der Waals surface area contributed by atoms with Crippen molar-refractivity contribution in [1.82, 2.24) is 0 Å². The van der Waals surface area contributed by atoms with Crippen LogP contribution in [0.15, 0.2) is 35.2 Å². The first-order valence-electron chi connectivity index (χ1n) is 6.05. The highest BCUT2D eigenvalue weighted by Gasteiger charge is 2.29. The molecule has 0 amide bonds. The fraction of sp³-hybridized carbons (Fsp3) is 0.143. The van der Waals surface area contributed by atoms with Crippen molar-refractivity contribution in [3.63, 3.8) is 0 Å². The Morgan fingerprint density at radius 1 is 1.14 bits per heavy atom. The molecule has 3 rings (SSSR count). The summed E-state index contributed by atoms with van der Waals surface area (Å²) in [7, 11) is -3.25. The van der Waals surface area contributed by atoms with Crippen LogP contribution in [0.25, 0.3) is 0 Å². The molecule has 7 heteroatoms. The van der Waals surface area contributed by atoms with E-state index in [1.54, 1.807) is 0 Å². The van der Waals surface area contributed by atoms with Crippen LogP contribution in [0.1, 0.15) is 5.56 Å². The minimum absolute atomic E-state index is 0.0390. The zero-order valence-corrected chi connectivity index (χ0v) is 12.9. The normalized spacial score (nSPS) is 15.8. The number of hydrogen-bond acceptors (Lipinski definition) is 3. The summed E-state index contributed by atoms with van der Waals surface area (Å²) >= 11 is 11.9. The Bertz CT molecular complexity index is 814. The van der Waals surface area contributed by atoms with Gasteiger partial charge in [-0.05, 0) is 36.2 Å². The Hall–Kier alpha value is -1.30. The lowest BCUT2D eigenvalue weighted by molar-refractivity contribution is 0.476. The highest BCUT2D eigenvalue weighted by molar-refractivity contribution is 7.91. The minimum atomic E-state index is -3.25. The van der Waals surface area contributed by atoms with E-state index in [-0.39, 0.29) is 32.2 Å². The third-order valence-corrected chi connectivity index (χ3v) is 5.61. The first-order chi connectivity index (χ1) is 9.87. The van der Waals surface area contributed by atoms with Gasteiger partial charge in [0.25, 0.3) is 0 Å². The van der Waals surface area contributed by atoms with E-state index in [4.69, 9.17) is 27.9 Å². The van der Waals surface area contributed by atoms with Crippen LogP contribution in [0.5, 0.6) is 11.5 Å². The maximum Gasteiger partial charge on any atom is 0.179 e. The van der Waals surface area contributed by atoms with Crippen molar-refractivity contribution in [2.75, 3.05) is 5.75 Å². The molecule has 0 N–H and O–H groups in total. The number of ether oxygens (including phenoxy) is 1. The maximum atomic E-state index is 13.3. The van der Waals surface area contributed by atoms with Gasteiger partial charge in [0.1, 0.15) is 17.3 Å². The molecule has 3 nitrogen and oxygen atoms in total. The Morgan fingerprint density at radius 2 is 1.90 bits per heavy atom. The molecule has 0 bridgehead atoms. The van der Waals surface area contributed by atoms with Gasteiger partial charge in [-0.25, -0.2) is 12.8 Å². The number of fused-ring (bicyclic) bond motifs is 1. The highest BCUT2D eigenvalue weighted by atomic mass is 35.5. The molecule has 21 heavy (non-hydrogen) atoms. The second-order valence-corrected chi connectivity index (χ2v) is 7.52. The number of rotatable bonds is 2. The van der Waals surface area contributed by atoms with Gasteiger partial charge >= 0.3 is 0 Å². The van der Waals surface area contributed by atoms with Crippen molar-refractivity contribution in [3.8, 4) is 11.5 Å². The van der Waals surface area contributed by atoms with Crippen LogP contribution in [0, 0.1) is 5.82 Å². The Balaban J connectivity index is 2.02. The molecule has 110 valence electrons. The molecule has 1 heterocycles. The Morgan fingerprint density at radius 3 is 2.62 bits per heavy atom. The fourth-order valence-electron chi connectivity index (χ4n) is 2.25. The Labute approximate surface area is 131 Å². The molecule has 2 aromatic carbocycles. The second-order valence-electron chi connectivity index (χ2n) is 4.63. The molecule has 0 atom stereocenters. The first-order valence-corrected chi connectivity index (χ1v) is 8.46. The summed E-state index contributed by atoms with van der Waals surface area (Å²) < 4.78 is 42.4. The van der Waals surface area contributed by atoms with E-state index >= 15 is 0 Å². The lowest BCUT2D eigenvalue weighted by Crippen LogP contribution is -1.98. The molecule has 1 aliphatic rings. The van der Waals surface area contributed by atoms with E-state index < -0.39 is 15.7 Å². The van der Waals surface area contributed by atoms with E-state index in [2.05, 4.69) is 0 Å². The summed E-state index contributed by atoms with van der Waals surface area (Å²) in [6.07, 6.45) is 0.345. The zero-order chi connectivity index (χ0) is 15.2. The van der Waals surface area contributed by atoms with Gasteiger partial charge in [-0.1, -0.05) is 23.2 Å². The highest BCUT2D eigenvalue weighted by Crippen LogP contribution is 2.39. The summed E-state index contributed by atoms with van der Waals surface area (Å²) in [5.74, 6) is -0.0219. The van der Waals surface area contributed by atoms with E-state index in [0.717, 1.165) is 6.07 Å². The number of halogens is 3. The van der Waals surface area contributed by atoms with E-state index in [0.29, 0.717) is 12.0 Å². The molecule has 2 aromatic rings. The van der Waals surface area contributed by atoms with Crippen LogP contribution in [-0.4, -0.2) is 14.2 Å². The third-order valence-electron chi connectivity index (χ3n) is 3.18. The first kappa shape index (κ1) is 14.6. The van der Waals surface area contributed by atoms with Crippen molar-refractivity contribution < 1.29 is 17.5 Å². The van der Waals surface area contributed by atoms with Crippen molar-refractivity contribution in [2.45, 2.75) is 11.3 Å².